The van der Waals surface area contributed by atoms with Crippen LogP contribution in [0.2, 0.25) is 0 Å². The molecular formula is C11H17NO3. The molecule has 15 heavy (non-hydrogen) atoms. The molecule has 0 bridgehead atoms. The number of aliphatic hydroxyl groups excluding tert-OH is 1. The molecule has 0 spiro atoms. The Hall–Kier alpha value is -1.26. The van der Waals surface area contributed by atoms with Crippen LogP contribution in [0.15, 0.2) is 18.2 Å². The van der Waals surface area contributed by atoms with Crippen molar-refractivity contribution in [2.45, 2.75) is 12.5 Å². The minimum Gasteiger partial charge on any atom is -0.496 e. The zero-order valence-electron chi connectivity index (χ0n) is 9.28. The second-order valence-electron chi connectivity index (χ2n) is 3.61. The third-order valence-electron chi connectivity index (χ3n) is 2.33. The average molecular weight is 211 g/mol. The summed E-state index contributed by atoms with van der Waals surface area (Å²) in [5, 5.41) is 9.25. The molecule has 84 valence electrons. The summed E-state index contributed by atoms with van der Waals surface area (Å²) in [5.74, 6) is 1.24. The lowest BCUT2D eigenvalue weighted by Crippen LogP contribution is -2.37. The highest BCUT2D eigenvalue weighted by molar-refractivity contribution is 5.49. The molecule has 0 amide bonds. The Morgan fingerprint density at radius 2 is 1.73 bits per heavy atom. The van der Waals surface area contributed by atoms with Crippen molar-refractivity contribution in [1.29, 1.82) is 0 Å². The zero-order chi connectivity index (χ0) is 11.5. The van der Waals surface area contributed by atoms with Gasteiger partial charge in [-0.15, -0.1) is 0 Å². The summed E-state index contributed by atoms with van der Waals surface area (Å²) in [7, 11) is 3.12. The fourth-order valence-electron chi connectivity index (χ4n) is 1.49. The molecule has 1 aromatic rings. The van der Waals surface area contributed by atoms with Gasteiger partial charge in [0.1, 0.15) is 11.5 Å². The highest BCUT2D eigenvalue weighted by atomic mass is 16.5. The summed E-state index contributed by atoms with van der Waals surface area (Å²) < 4.78 is 10.4. The molecule has 1 unspecified atom stereocenters. The molecule has 0 aromatic heterocycles. The first kappa shape index (κ1) is 11.8. The number of hydrogen-bond donors (Lipinski definition) is 2. The molecule has 1 aromatic carbocycles. The van der Waals surface area contributed by atoms with Crippen LogP contribution in [-0.4, -0.2) is 25.9 Å². The van der Waals surface area contributed by atoms with Crippen molar-refractivity contribution in [2.75, 3.05) is 20.8 Å². The van der Waals surface area contributed by atoms with Crippen LogP contribution in [0.5, 0.6) is 11.5 Å². The van der Waals surface area contributed by atoms with Gasteiger partial charge in [-0.25, -0.2) is 0 Å². The molecule has 0 radical (unpaired) electrons. The number of hydrogen-bond acceptors (Lipinski definition) is 4. The molecule has 0 saturated heterocycles. The van der Waals surface area contributed by atoms with E-state index in [0.29, 0.717) is 17.1 Å². The Bertz CT molecular complexity index is 314. The van der Waals surface area contributed by atoms with Crippen molar-refractivity contribution in [3.05, 3.63) is 23.8 Å². The maximum absolute atomic E-state index is 9.25. The quantitative estimate of drug-likeness (QED) is 0.775. The summed E-state index contributed by atoms with van der Waals surface area (Å²) in [6.45, 7) is 1.55. The molecule has 0 aliphatic rings. The molecule has 0 aliphatic heterocycles. The van der Waals surface area contributed by atoms with Crippen LogP contribution in [0, 0.1) is 0 Å². The van der Waals surface area contributed by atoms with Gasteiger partial charge < -0.3 is 20.3 Å². The highest BCUT2D eigenvalue weighted by Crippen LogP contribution is 2.35. The Balaban J connectivity index is 3.34. The van der Waals surface area contributed by atoms with E-state index in [9.17, 15) is 5.11 Å². The van der Waals surface area contributed by atoms with Crippen LogP contribution in [0.25, 0.3) is 0 Å². The maximum atomic E-state index is 9.25. The predicted octanol–water partition coefficient (Wildman–Crippen LogP) is 0.870. The third-order valence-corrected chi connectivity index (χ3v) is 2.33. The molecular weight excluding hydrogens is 194 g/mol. The normalized spacial score (nSPS) is 14.5. The standard InChI is InChI=1S/C11H17NO3/c1-11(12,7-13)10-8(14-2)5-4-6-9(10)15-3/h4-6,13H,7,12H2,1-3H3. The van der Waals surface area contributed by atoms with E-state index >= 15 is 0 Å². The third kappa shape index (κ3) is 2.22. The van der Waals surface area contributed by atoms with Crippen LogP contribution in [0.3, 0.4) is 0 Å². The van der Waals surface area contributed by atoms with E-state index in [-0.39, 0.29) is 6.61 Å². The number of nitrogens with two attached hydrogens (primary N) is 1. The number of methoxy groups -OCH3 is 2. The lowest BCUT2D eigenvalue weighted by molar-refractivity contribution is 0.202. The van der Waals surface area contributed by atoms with E-state index in [2.05, 4.69) is 0 Å². The second-order valence-corrected chi connectivity index (χ2v) is 3.61. The van der Waals surface area contributed by atoms with E-state index < -0.39 is 5.54 Å². The van der Waals surface area contributed by atoms with Gasteiger partial charge in [0.25, 0.3) is 0 Å². The fraction of sp³-hybridized carbons (Fsp3) is 0.455. The summed E-state index contributed by atoms with van der Waals surface area (Å²) in [6, 6.07) is 5.39. The molecule has 0 aliphatic carbocycles. The molecule has 0 heterocycles. The number of rotatable bonds is 4. The maximum Gasteiger partial charge on any atom is 0.127 e. The van der Waals surface area contributed by atoms with Gasteiger partial charge in [-0.1, -0.05) is 6.07 Å². The molecule has 4 nitrogen and oxygen atoms in total. The number of ether oxygens (including phenoxy) is 2. The molecule has 4 heteroatoms. The Morgan fingerprint density at radius 3 is 2.07 bits per heavy atom. The summed E-state index contributed by atoms with van der Waals surface area (Å²) in [6.07, 6.45) is 0. The van der Waals surface area contributed by atoms with Gasteiger partial charge in [-0.05, 0) is 19.1 Å². The van der Waals surface area contributed by atoms with E-state index in [4.69, 9.17) is 15.2 Å². The largest absolute Gasteiger partial charge is 0.496 e. The topological polar surface area (TPSA) is 64.7 Å². The monoisotopic (exact) mass is 211 g/mol. The zero-order valence-corrected chi connectivity index (χ0v) is 9.28. The van der Waals surface area contributed by atoms with Crippen LogP contribution in [-0.2, 0) is 5.54 Å². The minimum absolute atomic E-state index is 0.177. The SMILES string of the molecule is COc1cccc(OC)c1C(C)(N)CO. The van der Waals surface area contributed by atoms with Gasteiger partial charge >= 0.3 is 0 Å². The van der Waals surface area contributed by atoms with Gasteiger partial charge in [-0.3, -0.25) is 0 Å². The first-order valence-corrected chi connectivity index (χ1v) is 4.68. The lowest BCUT2D eigenvalue weighted by Gasteiger charge is -2.26. The van der Waals surface area contributed by atoms with E-state index in [1.807, 2.05) is 6.07 Å². The first-order chi connectivity index (χ1) is 7.06. The Labute approximate surface area is 89.6 Å². The van der Waals surface area contributed by atoms with E-state index in [0.717, 1.165) is 0 Å². The Morgan fingerprint density at radius 1 is 1.27 bits per heavy atom. The van der Waals surface area contributed by atoms with Crippen molar-refractivity contribution < 1.29 is 14.6 Å². The summed E-state index contributed by atoms with van der Waals surface area (Å²) in [5.41, 5.74) is 5.78. The summed E-state index contributed by atoms with van der Waals surface area (Å²) >= 11 is 0. The van der Waals surface area contributed by atoms with Crippen LogP contribution in [0.4, 0.5) is 0 Å². The van der Waals surface area contributed by atoms with Crippen molar-refractivity contribution in [2.24, 2.45) is 5.73 Å². The number of aliphatic hydroxyl groups is 1. The van der Waals surface area contributed by atoms with Gasteiger partial charge in [0, 0.05) is 0 Å². The number of benzene rings is 1. The first-order valence-electron chi connectivity index (χ1n) is 4.68. The average Bonchev–Trinajstić information content (AvgIpc) is 2.27. The van der Waals surface area contributed by atoms with E-state index in [1.165, 1.54) is 0 Å². The van der Waals surface area contributed by atoms with Gasteiger partial charge in [0.05, 0.1) is 31.9 Å². The van der Waals surface area contributed by atoms with Gasteiger partial charge in [-0.2, -0.15) is 0 Å². The van der Waals surface area contributed by atoms with Crippen LogP contribution >= 0.6 is 0 Å². The van der Waals surface area contributed by atoms with Crippen molar-refractivity contribution >= 4 is 0 Å². The molecule has 0 fully saturated rings. The van der Waals surface area contributed by atoms with Crippen LogP contribution in [0.1, 0.15) is 12.5 Å². The summed E-state index contributed by atoms with van der Waals surface area (Å²) in [4.78, 5) is 0. The van der Waals surface area contributed by atoms with Crippen molar-refractivity contribution in [3.8, 4) is 11.5 Å². The van der Waals surface area contributed by atoms with Crippen LogP contribution < -0.4 is 15.2 Å². The Kier molecular flexibility index (Phi) is 3.55. The highest BCUT2D eigenvalue weighted by Gasteiger charge is 2.28. The van der Waals surface area contributed by atoms with Crippen molar-refractivity contribution in [1.82, 2.24) is 0 Å². The molecule has 1 atom stereocenters. The smallest absolute Gasteiger partial charge is 0.127 e. The minimum atomic E-state index is -0.877. The second kappa shape index (κ2) is 4.51. The fourth-order valence-corrected chi connectivity index (χ4v) is 1.49. The lowest BCUT2D eigenvalue weighted by atomic mass is 9.92. The molecule has 0 saturated carbocycles. The van der Waals surface area contributed by atoms with Crippen molar-refractivity contribution in [3.63, 3.8) is 0 Å². The van der Waals surface area contributed by atoms with Gasteiger partial charge in [0.15, 0.2) is 0 Å². The predicted molar refractivity (Wildman–Crippen MR) is 58.2 cm³/mol. The molecule has 1 rings (SSSR count). The van der Waals surface area contributed by atoms with Gasteiger partial charge in [0.2, 0.25) is 0 Å². The van der Waals surface area contributed by atoms with E-state index in [1.54, 1.807) is 33.3 Å². The molecule has 3 N–H and O–H groups in total.